The van der Waals surface area contributed by atoms with Gasteiger partial charge in [-0.15, -0.1) is 0 Å². The number of rotatable bonds is 4. The van der Waals surface area contributed by atoms with E-state index < -0.39 is 0 Å². The largest absolute Gasteiger partial charge is 0.472 e. The molecule has 3 heterocycles. The highest BCUT2D eigenvalue weighted by Gasteiger charge is 2.44. The van der Waals surface area contributed by atoms with Crippen LogP contribution < -0.4 is 0 Å². The molecule has 1 spiro atoms. The third-order valence-corrected chi connectivity index (χ3v) is 5.20. The van der Waals surface area contributed by atoms with Crippen LogP contribution in [0.25, 0.3) is 0 Å². The van der Waals surface area contributed by atoms with E-state index in [4.69, 9.17) is 4.42 Å². The van der Waals surface area contributed by atoms with Crippen LogP contribution in [0.2, 0.25) is 0 Å². The summed E-state index contributed by atoms with van der Waals surface area (Å²) in [5, 5.41) is 0. The number of piperidine rings is 1. The van der Waals surface area contributed by atoms with Crippen LogP contribution in [-0.4, -0.2) is 66.8 Å². The van der Waals surface area contributed by atoms with Crippen molar-refractivity contribution in [2.24, 2.45) is 5.41 Å². The lowest BCUT2D eigenvalue weighted by molar-refractivity contribution is -0.137. The average Bonchev–Trinajstić information content (AvgIpc) is 3.12. The number of carbonyl (C=O) groups excluding carboxylic acids is 2. The van der Waals surface area contributed by atoms with Gasteiger partial charge < -0.3 is 19.1 Å². The minimum atomic E-state index is -0.0236. The van der Waals surface area contributed by atoms with Crippen molar-refractivity contribution in [1.82, 2.24) is 14.7 Å². The molecule has 2 fully saturated rings. The summed E-state index contributed by atoms with van der Waals surface area (Å²) in [6.45, 7) is 3.49. The molecule has 1 aromatic rings. The molecule has 6 heteroatoms. The summed E-state index contributed by atoms with van der Waals surface area (Å²) in [7, 11) is 3.89. The van der Waals surface area contributed by atoms with Crippen LogP contribution in [-0.2, 0) is 16.1 Å². The highest BCUT2D eigenvalue weighted by Crippen LogP contribution is 2.40. The van der Waals surface area contributed by atoms with E-state index in [0.717, 1.165) is 38.0 Å². The predicted octanol–water partition coefficient (Wildman–Crippen LogP) is 1.18. The topological polar surface area (TPSA) is 57.0 Å². The summed E-state index contributed by atoms with van der Waals surface area (Å²) in [5.41, 5.74) is 1.05. The Labute approximate surface area is 137 Å². The van der Waals surface area contributed by atoms with Gasteiger partial charge in [0, 0.05) is 32.1 Å². The molecule has 126 valence electrons. The molecule has 0 unspecified atom stereocenters. The Morgan fingerprint density at radius 1 is 1.39 bits per heavy atom. The molecule has 2 saturated heterocycles. The van der Waals surface area contributed by atoms with E-state index in [-0.39, 0.29) is 23.8 Å². The maximum atomic E-state index is 12.4. The van der Waals surface area contributed by atoms with Crippen LogP contribution in [0.4, 0.5) is 0 Å². The summed E-state index contributed by atoms with van der Waals surface area (Å²) < 4.78 is 5.02. The first-order chi connectivity index (χ1) is 11.0. The first kappa shape index (κ1) is 16.1. The summed E-state index contributed by atoms with van der Waals surface area (Å²) in [5.74, 6) is 0.101. The maximum Gasteiger partial charge on any atom is 0.242 e. The van der Waals surface area contributed by atoms with E-state index in [1.807, 2.05) is 6.07 Å². The lowest BCUT2D eigenvalue weighted by atomic mass is 9.78. The number of furan rings is 1. The summed E-state index contributed by atoms with van der Waals surface area (Å²) in [6.07, 6.45) is 5.93. The van der Waals surface area contributed by atoms with Gasteiger partial charge in [-0.2, -0.15) is 0 Å². The van der Waals surface area contributed by atoms with Crippen LogP contribution in [0, 0.1) is 5.41 Å². The lowest BCUT2D eigenvalue weighted by Gasteiger charge is -2.37. The molecule has 0 N–H and O–H groups in total. The number of likely N-dealkylation sites (tertiary alicyclic amines) is 2. The molecule has 0 radical (unpaired) electrons. The Bertz CT molecular complexity index is 562. The molecule has 0 saturated carbocycles. The number of nitrogens with zero attached hydrogens (tertiary/aromatic N) is 3. The van der Waals surface area contributed by atoms with E-state index in [1.54, 1.807) is 29.4 Å². The van der Waals surface area contributed by atoms with Crippen molar-refractivity contribution >= 4 is 11.8 Å². The molecule has 1 aromatic heterocycles. The van der Waals surface area contributed by atoms with Crippen molar-refractivity contribution in [3.05, 3.63) is 24.2 Å². The van der Waals surface area contributed by atoms with Crippen LogP contribution in [0.5, 0.6) is 0 Å². The van der Waals surface area contributed by atoms with E-state index in [9.17, 15) is 9.59 Å². The lowest BCUT2D eigenvalue weighted by Crippen LogP contribution is -2.42. The minimum absolute atomic E-state index is 0.0236. The smallest absolute Gasteiger partial charge is 0.242 e. The molecule has 0 aromatic carbocycles. The molecule has 2 aliphatic rings. The van der Waals surface area contributed by atoms with Crippen LogP contribution in [0.15, 0.2) is 23.0 Å². The van der Waals surface area contributed by atoms with E-state index in [2.05, 4.69) is 11.9 Å². The summed E-state index contributed by atoms with van der Waals surface area (Å²) >= 11 is 0. The fraction of sp³-hybridized carbons (Fsp3) is 0.647. The van der Waals surface area contributed by atoms with E-state index in [0.29, 0.717) is 13.0 Å². The fourth-order valence-electron chi connectivity index (χ4n) is 3.58. The molecule has 0 bridgehead atoms. The molecular weight excluding hydrogens is 294 g/mol. The molecular formula is C17H25N3O3. The summed E-state index contributed by atoms with van der Waals surface area (Å²) in [6, 6.07) is 1.85. The Morgan fingerprint density at radius 2 is 2.13 bits per heavy atom. The second kappa shape index (κ2) is 6.35. The SMILES string of the molecule is CN1CCC2(CC1)CC(=O)N(CC(=O)N(C)Cc1ccoc1)C2. The zero-order valence-corrected chi connectivity index (χ0v) is 14.0. The van der Waals surface area contributed by atoms with Gasteiger partial charge in [-0.3, -0.25) is 9.59 Å². The first-order valence-corrected chi connectivity index (χ1v) is 8.19. The van der Waals surface area contributed by atoms with Gasteiger partial charge in [-0.05, 0) is 44.5 Å². The quantitative estimate of drug-likeness (QED) is 0.836. The van der Waals surface area contributed by atoms with Gasteiger partial charge in [0.25, 0.3) is 0 Å². The molecule has 2 amide bonds. The Balaban J connectivity index is 1.55. The second-order valence-electron chi connectivity index (χ2n) is 7.11. The molecule has 0 aliphatic carbocycles. The highest BCUT2D eigenvalue weighted by atomic mass is 16.3. The van der Waals surface area contributed by atoms with Crippen molar-refractivity contribution in [3.63, 3.8) is 0 Å². The van der Waals surface area contributed by atoms with Gasteiger partial charge in [-0.25, -0.2) is 0 Å². The average molecular weight is 319 g/mol. The van der Waals surface area contributed by atoms with Crippen LogP contribution >= 0.6 is 0 Å². The minimum Gasteiger partial charge on any atom is -0.472 e. The van der Waals surface area contributed by atoms with Crippen molar-refractivity contribution in [3.8, 4) is 0 Å². The van der Waals surface area contributed by atoms with Crippen molar-refractivity contribution in [1.29, 1.82) is 0 Å². The predicted molar refractivity (Wildman–Crippen MR) is 85.5 cm³/mol. The van der Waals surface area contributed by atoms with Crippen molar-refractivity contribution in [2.45, 2.75) is 25.8 Å². The monoisotopic (exact) mass is 319 g/mol. The van der Waals surface area contributed by atoms with Crippen LogP contribution in [0.3, 0.4) is 0 Å². The van der Waals surface area contributed by atoms with Crippen molar-refractivity contribution in [2.75, 3.05) is 40.3 Å². The fourth-order valence-corrected chi connectivity index (χ4v) is 3.58. The van der Waals surface area contributed by atoms with Gasteiger partial charge in [0.1, 0.15) is 0 Å². The van der Waals surface area contributed by atoms with Gasteiger partial charge in [-0.1, -0.05) is 0 Å². The van der Waals surface area contributed by atoms with Gasteiger partial charge in [0.2, 0.25) is 11.8 Å². The van der Waals surface area contributed by atoms with E-state index >= 15 is 0 Å². The van der Waals surface area contributed by atoms with E-state index in [1.165, 1.54) is 0 Å². The first-order valence-electron chi connectivity index (χ1n) is 8.19. The number of carbonyl (C=O) groups is 2. The number of hydrogen-bond donors (Lipinski definition) is 0. The number of likely N-dealkylation sites (N-methyl/N-ethyl adjacent to an activating group) is 1. The van der Waals surface area contributed by atoms with Gasteiger partial charge in [0.05, 0.1) is 19.1 Å². The third-order valence-electron chi connectivity index (χ3n) is 5.20. The highest BCUT2D eigenvalue weighted by molar-refractivity contribution is 5.86. The number of amides is 2. The third kappa shape index (κ3) is 3.58. The van der Waals surface area contributed by atoms with Gasteiger partial charge >= 0.3 is 0 Å². The van der Waals surface area contributed by atoms with Gasteiger partial charge in [0.15, 0.2) is 0 Å². The Morgan fingerprint density at radius 3 is 2.78 bits per heavy atom. The second-order valence-corrected chi connectivity index (χ2v) is 7.11. The molecule has 23 heavy (non-hydrogen) atoms. The standard InChI is InChI=1S/C17H25N3O3/c1-18-6-4-17(5-7-18)9-15(21)20(13-17)11-16(22)19(2)10-14-3-8-23-12-14/h3,8,12H,4-7,9-11,13H2,1-2H3. The maximum absolute atomic E-state index is 12.4. The Hall–Kier alpha value is -1.82. The summed E-state index contributed by atoms with van der Waals surface area (Å²) in [4.78, 5) is 30.4. The molecule has 0 atom stereocenters. The zero-order valence-electron chi connectivity index (χ0n) is 14.0. The Kier molecular flexibility index (Phi) is 4.43. The zero-order chi connectivity index (χ0) is 16.4. The van der Waals surface area contributed by atoms with Crippen molar-refractivity contribution < 1.29 is 14.0 Å². The van der Waals surface area contributed by atoms with Crippen LogP contribution in [0.1, 0.15) is 24.8 Å². The molecule has 2 aliphatic heterocycles. The number of hydrogen-bond acceptors (Lipinski definition) is 4. The molecule has 6 nitrogen and oxygen atoms in total. The normalized spacial score (nSPS) is 21.1. The molecule has 3 rings (SSSR count).